The number of fused-ring (bicyclic) bond motifs is 4. The average Bonchev–Trinajstić information content (AvgIpc) is 1.60. The van der Waals surface area contributed by atoms with E-state index in [9.17, 15) is 58.8 Å². The smallest absolute Gasteiger partial charge is 0.313 e. The van der Waals surface area contributed by atoms with Crippen LogP contribution in [0.2, 0.25) is 40.2 Å². The van der Waals surface area contributed by atoms with Crippen LogP contribution in [0.15, 0.2) is 164 Å². The van der Waals surface area contributed by atoms with Gasteiger partial charge in [-0.05, 0) is 236 Å². The Morgan fingerprint density at radius 3 is 0.829 bits per heavy atom. The molecule has 0 saturated heterocycles. The largest absolute Gasteiger partial charge is 0.481 e. The number of rotatable bonds is 20. The number of benzene rings is 8. The lowest BCUT2D eigenvalue weighted by molar-refractivity contribution is -0.143. The third-order valence-corrected chi connectivity index (χ3v) is 29.0. The van der Waals surface area contributed by atoms with Crippen molar-refractivity contribution >= 4 is 184 Å². The molecule has 4 aliphatic rings. The number of aromatic nitrogens is 4. The highest BCUT2D eigenvalue weighted by Gasteiger charge is 2.46. The van der Waals surface area contributed by atoms with E-state index in [1.807, 2.05) is 126 Å². The molecule has 4 fully saturated rings. The second-order valence-corrected chi connectivity index (χ2v) is 36.7. The van der Waals surface area contributed by atoms with Crippen LogP contribution in [0.4, 0.5) is 4.39 Å². The molecule has 4 heterocycles. The molecule has 12 aromatic rings. The van der Waals surface area contributed by atoms with E-state index in [4.69, 9.17) is 92.8 Å². The minimum absolute atomic E-state index is 0.177. The number of aliphatic carboxylic acids is 4. The van der Waals surface area contributed by atoms with Crippen LogP contribution in [0.25, 0.3) is 43.6 Å². The van der Waals surface area contributed by atoms with Crippen LogP contribution in [-0.2, 0) is 80.4 Å². The molecule has 8 aromatic carbocycles. The fourth-order valence-electron chi connectivity index (χ4n) is 16.6. The number of halogens is 9. The number of carbonyl (C=O) groups is 8. The van der Waals surface area contributed by atoms with Gasteiger partial charge in [0.15, 0.2) is 0 Å². The number of amides is 4. The summed E-state index contributed by atoms with van der Waals surface area (Å²) in [6.45, 7) is 9.75. The Bertz CT molecular complexity index is 6070. The summed E-state index contributed by atoms with van der Waals surface area (Å²) in [4.78, 5) is 98.4. The lowest BCUT2D eigenvalue weighted by atomic mass is 9.70. The molecule has 0 aliphatic heterocycles. The summed E-state index contributed by atoms with van der Waals surface area (Å²) in [7, 11) is 7.25. The molecule has 4 saturated carbocycles. The summed E-state index contributed by atoms with van der Waals surface area (Å²) >= 11 is 49.8. The third-order valence-electron chi connectivity index (χ3n) is 25.7. The molecule has 0 bridgehead atoms. The van der Waals surface area contributed by atoms with Crippen LogP contribution in [0.3, 0.4) is 0 Å². The first-order valence-electron chi connectivity index (χ1n) is 40.1. The zero-order chi connectivity index (χ0) is 89.2. The maximum Gasteiger partial charge on any atom is 0.313 e. The number of aryl methyl sites for hydroxylation is 4. The molecule has 4 aliphatic carbocycles. The molecule has 4 aromatic heterocycles. The first kappa shape index (κ1) is 90.7. The van der Waals surface area contributed by atoms with Crippen LogP contribution >= 0.6 is 92.8 Å². The molecular weight excluding hydrogens is 1740 g/mol. The van der Waals surface area contributed by atoms with Crippen molar-refractivity contribution in [2.24, 2.45) is 28.2 Å². The highest BCUT2D eigenvalue weighted by Crippen LogP contribution is 2.48. The van der Waals surface area contributed by atoms with Crippen molar-refractivity contribution in [2.45, 2.75) is 163 Å². The second kappa shape index (κ2) is 35.2. The monoisotopic (exact) mass is 1820 g/mol. The minimum Gasteiger partial charge on any atom is -0.481 e. The molecule has 2 atom stereocenters. The highest BCUT2D eigenvalue weighted by atomic mass is 35.5. The van der Waals surface area contributed by atoms with Gasteiger partial charge in [-0.15, -0.1) is 0 Å². The standard InChI is InChI=1S/C24H23Cl2FN2O3.C24H24Cl2N2O3.2C23H22Cl2N2O3/c1-23(2,22(31)32)13-5-6-15(17(27)11-13)24(9-4-10-24)28-21(30)19-12-14-18(29(19)3)8-7-16(25)20(14)26;1-23(2,22(30)31)14-5-7-15(8-6-14)24(11-4-12-24)27-21(29)19-13-16-18(28(19)3)10-9-17(25)20(16)26;2*1-13(22(29)30)14-4-6-15(7-5-14)23(10-3-11-23)26-21(28)19-12-16-18(27(19)2)9-8-17(24)20(16)25/h5-8,11-12H,4,9-10H2,1-3H3,(H,28,30)(H,31,32);5-10,13H,4,11-12H2,1-3H3,(H,27,29)(H,30,31);2*4-9,12-13H,3,10-11H2,1-2H3,(H,26,28)(H,29,30)/t;;2*13-/m..10/s1. The number of carboxylic acids is 4. The number of hydrogen-bond donors (Lipinski definition) is 8. The van der Waals surface area contributed by atoms with Crippen LogP contribution in [0, 0.1) is 5.82 Å². The number of hydrogen-bond acceptors (Lipinski definition) is 8. The maximum absolute atomic E-state index is 15.2. The van der Waals surface area contributed by atoms with Crippen molar-refractivity contribution in [3.8, 4) is 0 Å². The molecule has 4 amide bonds. The predicted molar refractivity (Wildman–Crippen MR) is 483 cm³/mol. The first-order valence-corrected chi connectivity index (χ1v) is 43.1. The van der Waals surface area contributed by atoms with Crippen molar-refractivity contribution in [3.05, 3.63) is 277 Å². The van der Waals surface area contributed by atoms with Crippen molar-refractivity contribution in [3.63, 3.8) is 0 Å². The topological polar surface area (TPSA) is 285 Å². The molecule has 16 rings (SSSR count). The van der Waals surface area contributed by atoms with E-state index >= 15 is 4.39 Å². The van der Waals surface area contributed by atoms with Crippen LogP contribution in [0.1, 0.15) is 217 Å². The SMILES string of the molecule is C[C@@H](C(=O)O)c1ccc(C2(NC(=O)c3cc4c(Cl)c(Cl)ccc4n3C)CCC2)cc1.C[C@H](C(=O)O)c1ccc(C2(NC(=O)c3cc4c(Cl)c(Cl)ccc4n3C)CCC2)cc1.Cn1c(C(=O)NC2(c3ccc(C(C)(C)C(=O)O)cc3)CCC2)cc2c(Cl)c(Cl)ccc21.Cn1c(C(=O)NC2(c3ccc(C(C)(C)C(=O)O)cc3F)CCC2)cc2c(Cl)c(Cl)ccc21. The number of nitrogens with one attached hydrogen (secondary N) is 4. The quantitative estimate of drug-likeness (QED) is 0.0354. The van der Waals surface area contributed by atoms with Gasteiger partial charge in [0.05, 0.1) is 85.0 Å². The Balaban J connectivity index is 0.000000141. The Hall–Kier alpha value is -10.1. The van der Waals surface area contributed by atoms with Crippen molar-refractivity contribution in [1.82, 2.24) is 39.5 Å². The van der Waals surface area contributed by atoms with Crippen LogP contribution in [0.5, 0.6) is 0 Å². The molecular formula is C94H91Cl8FN8O12. The number of nitrogens with zero attached hydrogens (tertiary/aromatic N) is 4. The molecule has 29 heteroatoms. The molecule has 0 radical (unpaired) electrons. The fourth-order valence-corrected chi connectivity index (χ4v) is 18.2. The van der Waals surface area contributed by atoms with E-state index in [1.165, 1.54) is 19.9 Å². The van der Waals surface area contributed by atoms with Gasteiger partial charge in [-0.25, -0.2) is 4.39 Å². The second-order valence-electron chi connectivity index (χ2n) is 33.6. The zero-order valence-corrected chi connectivity index (χ0v) is 75.0. The van der Waals surface area contributed by atoms with E-state index in [1.54, 1.807) is 106 Å². The normalized spacial score (nSPS) is 15.8. The van der Waals surface area contributed by atoms with E-state index in [0.717, 1.165) is 136 Å². The zero-order valence-electron chi connectivity index (χ0n) is 69.0. The summed E-state index contributed by atoms with van der Waals surface area (Å²) in [5.74, 6) is -6.17. The van der Waals surface area contributed by atoms with Gasteiger partial charge in [0.1, 0.15) is 28.6 Å². The van der Waals surface area contributed by atoms with E-state index in [0.29, 0.717) is 92.3 Å². The minimum atomic E-state index is -1.22. The van der Waals surface area contributed by atoms with E-state index < -0.39 is 74.5 Å². The van der Waals surface area contributed by atoms with Gasteiger partial charge in [-0.3, -0.25) is 38.4 Å². The molecule has 0 unspecified atom stereocenters. The van der Waals surface area contributed by atoms with Gasteiger partial charge in [0.2, 0.25) is 0 Å². The van der Waals surface area contributed by atoms with Crippen LogP contribution < -0.4 is 21.3 Å². The molecule has 123 heavy (non-hydrogen) atoms. The number of carbonyl (C=O) groups excluding carboxylic acids is 4. The van der Waals surface area contributed by atoms with E-state index in [2.05, 4.69) is 21.3 Å². The summed E-state index contributed by atoms with van der Waals surface area (Å²) in [6, 6.07) is 48.2. The Kier molecular flexibility index (Phi) is 25.9. The third kappa shape index (κ3) is 17.1. The lowest BCUT2D eigenvalue weighted by Crippen LogP contribution is -2.51. The van der Waals surface area contributed by atoms with Crippen molar-refractivity contribution in [1.29, 1.82) is 0 Å². The van der Waals surface area contributed by atoms with Gasteiger partial charge in [-0.1, -0.05) is 178 Å². The van der Waals surface area contributed by atoms with Crippen molar-refractivity contribution in [2.75, 3.05) is 0 Å². The fraction of sp³-hybridized carbons (Fsp3) is 0.319. The van der Waals surface area contributed by atoms with Crippen molar-refractivity contribution < 1.29 is 63.2 Å². The van der Waals surface area contributed by atoms with Gasteiger partial charge in [-0.2, -0.15) is 0 Å². The van der Waals surface area contributed by atoms with Crippen LogP contribution in [-0.4, -0.2) is 86.2 Å². The predicted octanol–water partition coefficient (Wildman–Crippen LogP) is 22.4. The summed E-state index contributed by atoms with van der Waals surface area (Å²) in [6.07, 6.45) is 10.1. The first-order chi connectivity index (χ1) is 58.0. The molecule has 0 spiro atoms. The lowest BCUT2D eigenvalue weighted by Gasteiger charge is -2.43. The maximum atomic E-state index is 15.2. The van der Waals surface area contributed by atoms with Gasteiger partial charge < -0.3 is 60.0 Å². The Labute approximate surface area is 749 Å². The summed E-state index contributed by atoms with van der Waals surface area (Å²) in [5.41, 5.74) is 6.71. The number of carboxylic acid groups (broad SMARTS) is 4. The molecule has 642 valence electrons. The summed E-state index contributed by atoms with van der Waals surface area (Å²) in [5, 5.41) is 56.4. The Morgan fingerprint density at radius 1 is 0.350 bits per heavy atom. The Morgan fingerprint density at radius 2 is 0.593 bits per heavy atom. The van der Waals surface area contributed by atoms with Gasteiger partial charge in [0.25, 0.3) is 23.6 Å². The van der Waals surface area contributed by atoms with Gasteiger partial charge in [0, 0.05) is 77.4 Å². The van der Waals surface area contributed by atoms with Gasteiger partial charge >= 0.3 is 23.9 Å². The molecule has 20 nitrogen and oxygen atoms in total. The van der Waals surface area contributed by atoms with E-state index in [-0.39, 0.29) is 23.6 Å². The molecule has 8 N–H and O–H groups in total. The average molecular weight is 1830 g/mol. The highest BCUT2D eigenvalue weighted by molar-refractivity contribution is 6.47. The summed E-state index contributed by atoms with van der Waals surface area (Å²) < 4.78 is 22.4.